The number of hydrogen-bond donors (Lipinski definition) is 1. The fourth-order valence-corrected chi connectivity index (χ4v) is 2.19. The van der Waals surface area contributed by atoms with E-state index in [9.17, 15) is 9.59 Å². The lowest BCUT2D eigenvalue weighted by molar-refractivity contribution is -0.130. The summed E-state index contributed by atoms with van der Waals surface area (Å²) in [6, 6.07) is 18.0. The molecule has 2 amide bonds. The molecule has 0 aliphatic heterocycles. The Morgan fingerprint density at radius 3 is 2.05 bits per heavy atom. The minimum Gasteiger partial charge on any atom is -0.347 e. The smallest absolute Gasteiger partial charge is 0.251 e. The third-order valence-electron chi connectivity index (χ3n) is 3.36. The molecule has 2 rings (SSSR count). The maximum Gasteiger partial charge on any atom is 0.251 e. The third-order valence-corrected chi connectivity index (χ3v) is 3.36. The summed E-state index contributed by atoms with van der Waals surface area (Å²) in [5, 5.41) is 2.83. The van der Waals surface area contributed by atoms with E-state index >= 15 is 0 Å². The van der Waals surface area contributed by atoms with Crippen LogP contribution < -0.4 is 5.32 Å². The van der Waals surface area contributed by atoms with E-state index in [0.717, 1.165) is 5.56 Å². The van der Waals surface area contributed by atoms with Crippen LogP contribution in [0, 0.1) is 0 Å². The normalized spacial score (nSPS) is 11.5. The van der Waals surface area contributed by atoms with Gasteiger partial charge >= 0.3 is 0 Å². The summed E-state index contributed by atoms with van der Waals surface area (Å²) < 4.78 is 0. The van der Waals surface area contributed by atoms with Crippen LogP contribution >= 0.6 is 0 Å². The summed E-state index contributed by atoms with van der Waals surface area (Å²) in [6.07, 6.45) is 0.469. The first-order valence-electron chi connectivity index (χ1n) is 7.19. The summed E-state index contributed by atoms with van der Waals surface area (Å²) in [7, 11) is 3.38. The molecular formula is C18H20N2O2. The van der Waals surface area contributed by atoms with Crippen LogP contribution in [0.1, 0.15) is 15.9 Å². The first-order chi connectivity index (χ1) is 10.6. The molecule has 1 atom stereocenters. The van der Waals surface area contributed by atoms with Crippen molar-refractivity contribution in [3.8, 4) is 0 Å². The minimum atomic E-state index is -0.579. The number of carbonyl (C=O) groups excluding carboxylic acids is 2. The fraction of sp³-hybridized carbons (Fsp3) is 0.222. The first kappa shape index (κ1) is 15.8. The highest BCUT2D eigenvalue weighted by molar-refractivity contribution is 5.97. The Labute approximate surface area is 130 Å². The highest BCUT2D eigenvalue weighted by Crippen LogP contribution is 2.07. The Balaban J connectivity index is 2.14. The molecule has 4 nitrogen and oxygen atoms in total. The summed E-state index contributed by atoms with van der Waals surface area (Å²) in [6.45, 7) is 0. The zero-order valence-corrected chi connectivity index (χ0v) is 12.8. The van der Waals surface area contributed by atoms with E-state index in [2.05, 4.69) is 5.32 Å². The Morgan fingerprint density at radius 2 is 1.50 bits per heavy atom. The number of rotatable bonds is 5. The molecule has 2 aromatic carbocycles. The van der Waals surface area contributed by atoms with Gasteiger partial charge in [0.1, 0.15) is 6.04 Å². The van der Waals surface area contributed by atoms with Gasteiger partial charge in [-0.3, -0.25) is 9.59 Å². The second-order valence-electron chi connectivity index (χ2n) is 5.31. The third kappa shape index (κ3) is 4.19. The van der Waals surface area contributed by atoms with Gasteiger partial charge in [-0.1, -0.05) is 48.5 Å². The zero-order chi connectivity index (χ0) is 15.9. The topological polar surface area (TPSA) is 49.4 Å². The zero-order valence-electron chi connectivity index (χ0n) is 12.8. The molecule has 0 fully saturated rings. The second-order valence-corrected chi connectivity index (χ2v) is 5.31. The molecule has 0 spiro atoms. The van der Waals surface area contributed by atoms with E-state index in [1.54, 1.807) is 38.4 Å². The predicted octanol–water partition coefficient (Wildman–Crippen LogP) is 2.12. The van der Waals surface area contributed by atoms with Gasteiger partial charge in [-0.2, -0.15) is 0 Å². The van der Waals surface area contributed by atoms with Crippen molar-refractivity contribution in [2.24, 2.45) is 0 Å². The molecule has 2 aromatic rings. The molecule has 1 N–H and O–H groups in total. The van der Waals surface area contributed by atoms with Crippen molar-refractivity contribution in [2.45, 2.75) is 12.5 Å². The second kappa shape index (κ2) is 7.41. The van der Waals surface area contributed by atoms with E-state index in [1.807, 2.05) is 36.4 Å². The number of amides is 2. The number of likely N-dealkylation sites (N-methyl/N-ethyl adjacent to an activating group) is 1. The first-order valence-corrected chi connectivity index (χ1v) is 7.19. The van der Waals surface area contributed by atoms with Crippen LogP contribution in [-0.2, 0) is 11.2 Å². The molecular weight excluding hydrogens is 276 g/mol. The van der Waals surface area contributed by atoms with Gasteiger partial charge in [-0.25, -0.2) is 0 Å². The number of nitrogens with zero attached hydrogens (tertiary/aromatic N) is 1. The Kier molecular flexibility index (Phi) is 5.31. The molecule has 4 heteroatoms. The van der Waals surface area contributed by atoms with Crippen LogP contribution in [0.5, 0.6) is 0 Å². The van der Waals surface area contributed by atoms with Crippen LogP contribution in [0.15, 0.2) is 60.7 Å². The standard InChI is InChI=1S/C18H20N2O2/c1-20(2)18(22)16(13-14-9-5-3-6-10-14)19-17(21)15-11-7-4-8-12-15/h3-12,16H,13H2,1-2H3,(H,19,21)/t16-/m0/s1. The lowest BCUT2D eigenvalue weighted by Crippen LogP contribution is -2.47. The Hall–Kier alpha value is -2.62. The Bertz CT molecular complexity index is 624. The predicted molar refractivity (Wildman–Crippen MR) is 86.5 cm³/mol. The average Bonchev–Trinajstić information content (AvgIpc) is 2.55. The quantitative estimate of drug-likeness (QED) is 0.919. The van der Waals surface area contributed by atoms with Crippen molar-refractivity contribution in [1.82, 2.24) is 10.2 Å². The fourth-order valence-electron chi connectivity index (χ4n) is 2.19. The maximum absolute atomic E-state index is 12.3. The number of benzene rings is 2. The molecule has 0 heterocycles. The molecule has 0 unspecified atom stereocenters. The van der Waals surface area contributed by atoms with Crippen molar-refractivity contribution in [3.05, 3.63) is 71.8 Å². The van der Waals surface area contributed by atoms with Gasteiger partial charge in [0.05, 0.1) is 0 Å². The summed E-state index contributed by atoms with van der Waals surface area (Å²) in [4.78, 5) is 26.1. The van der Waals surface area contributed by atoms with Crippen LogP contribution in [-0.4, -0.2) is 36.9 Å². The number of hydrogen-bond acceptors (Lipinski definition) is 2. The SMILES string of the molecule is CN(C)C(=O)[C@H](Cc1ccccc1)NC(=O)c1ccccc1. The van der Waals surface area contributed by atoms with Gasteiger partial charge in [0.2, 0.25) is 5.91 Å². The van der Waals surface area contributed by atoms with Gasteiger partial charge in [0.25, 0.3) is 5.91 Å². The lowest BCUT2D eigenvalue weighted by Gasteiger charge is -2.22. The average molecular weight is 296 g/mol. The molecule has 22 heavy (non-hydrogen) atoms. The largest absolute Gasteiger partial charge is 0.347 e. The van der Waals surface area contributed by atoms with Crippen molar-refractivity contribution in [2.75, 3.05) is 14.1 Å². The highest BCUT2D eigenvalue weighted by Gasteiger charge is 2.23. The van der Waals surface area contributed by atoms with Crippen molar-refractivity contribution >= 4 is 11.8 Å². The van der Waals surface area contributed by atoms with Crippen LogP contribution in [0.25, 0.3) is 0 Å². The van der Waals surface area contributed by atoms with E-state index in [1.165, 1.54) is 4.90 Å². The van der Waals surface area contributed by atoms with Crippen molar-refractivity contribution < 1.29 is 9.59 Å². The number of nitrogens with one attached hydrogen (secondary N) is 1. The van der Waals surface area contributed by atoms with Gasteiger partial charge in [-0.15, -0.1) is 0 Å². The van der Waals surface area contributed by atoms with Gasteiger partial charge in [0.15, 0.2) is 0 Å². The minimum absolute atomic E-state index is 0.117. The summed E-state index contributed by atoms with van der Waals surface area (Å²) in [5.74, 6) is -0.357. The lowest BCUT2D eigenvalue weighted by atomic mass is 10.0. The van der Waals surface area contributed by atoms with Gasteiger partial charge < -0.3 is 10.2 Å². The van der Waals surface area contributed by atoms with Gasteiger partial charge in [-0.05, 0) is 17.7 Å². The highest BCUT2D eigenvalue weighted by atomic mass is 16.2. The molecule has 0 aliphatic carbocycles. The maximum atomic E-state index is 12.3. The molecule has 0 radical (unpaired) electrons. The summed E-state index contributed by atoms with van der Waals surface area (Å²) >= 11 is 0. The van der Waals surface area contributed by atoms with Crippen LogP contribution in [0.3, 0.4) is 0 Å². The molecule has 0 aliphatic rings. The van der Waals surface area contributed by atoms with Crippen LogP contribution in [0.4, 0.5) is 0 Å². The molecule has 0 saturated heterocycles. The van der Waals surface area contributed by atoms with E-state index < -0.39 is 6.04 Å². The molecule has 114 valence electrons. The van der Waals surface area contributed by atoms with E-state index in [0.29, 0.717) is 12.0 Å². The van der Waals surface area contributed by atoms with Crippen molar-refractivity contribution in [3.63, 3.8) is 0 Å². The Morgan fingerprint density at radius 1 is 0.955 bits per heavy atom. The number of carbonyl (C=O) groups is 2. The van der Waals surface area contributed by atoms with Crippen molar-refractivity contribution in [1.29, 1.82) is 0 Å². The van der Waals surface area contributed by atoms with E-state index in [4.69, 9.17) is 0 Å². The molecule has 0 bridgehead atoms. The molecule has 0 saturated carbocycles. The van der Waals surface area contributed by atoms with Crippen LogP contribution in [0.2, 0.25) is 0 Å². The molecule has 0 aromatic heterocycles. The summed E-state index contributed by atoms with van der Waals surface area (Å²) in [5.41, 5.74) is 1.56. The van der Waals surface area contributed by atoms with E-state index in [-0.39, 0.29) is 11.8 Å². The van der Waals surface area contributed by atoms with Gasteiger partial charge in [0, 0.05) is 26.1 Å². The monoisotopic (exact) mass is 296 g/mol.